The third-order valence-electron chi connectivity index (χ3n) is 7.38. The van der Waals surface area contributed by atoms with Gasteiger partial charge in [-0.25, -0.2) is 0 Å². The van der Waals surface area contributed by atoms with Crippen molar-refractivity contribution < 1.29 is 14.7 Å². The van der Waals surface area contributed by atoms with Crippen molar-refractivity contribution in [3.8, 4) is 5.75 Å². The second-order valence-electron chi connectivity index (χ2n) is 10.3. The largest absolute Gasteiger partial charge is 0.508 e. The molecule has 164 valence electrons. The highest BCUT2D eigenvalue weighted by molar-refractivity contribution is 5.98. The molecule has 1 aliphatic carbocycles. The summed E-state index contributed by atoms with van der Waals surface area (Å²) in [6, 6.07) is 6.63. The number of imide groups is 1. The fourth-order valence-electron chi connectivity index (χ4n) is 5.84. The number of phenolic OH excluding ortho intramolecular Hbond substituents is 1. The van der Waals surface area contributed by atoms with Crippen LogP contribution in [-0.2, 0) is 16.0 Å². The Morgan fingerprint density at radius 3 is 2.43 bits per heavy atom. The molecule has 2 saturated heterocycles. The Labute approximate surface area is 180 Å². The van der Waals surface area contributed by atoms with Gasteiger partial charge in [0, 0.05) is 31.3 Å². The van der Waals surface area contributed by atoms with Gasteiger partial charge in [-0.2, -0.15) is 0 Å². The van der Waals surface area contributed by atoms with E-state index in [1.54, 1.807) is 0 Å². The van der Waals surface area contributed by atoms with Gasteiger partial charge in [-0.3, -0.25) is 19.4 Å². The topological polar surface area (TPSA) is 60.9 Å². The van der Waals surface area contributed by atoms with Crippen LogP contribution in [0.4, 0.5) is 0 Å². The van der Waals surface area contributed by atoms with Gasteiger partial charge in [0.15, 0.2) is 0 Å². The van der Waals surface area contributed by atoms with Crippen molar-refractivity contribution in [1.82, 2.24) is 9.80 Å². The summed E-state index contributed by atoms with van der Waals surface area (Å²) in [5.41, 5.74) is 2.36. The van der Waals surface area contributed by atoms with Crippen LogP contribution >= 0.6 is 0 Å². The van der Waals surface area contributed by atoms with E-state index in [4.69, 9.17) is 0 Å². The second kappa shape index (κ2) is 8.70. The zero-order valence-electron chi connectivity index (χ0n) is 18.5. The number of fused-ring (bicyclic) bond motifs is 3. The first kappa shape index (κ1) is 21.4. The number of benzene rings is 1. The van der Waals surface area contributed by atoms with E-state index in [1.807, 2.05) is 26.0 Å². The normalized spacial score (nSPS) is 26.0. The lowest BCUT2D eigenvalue weighted by Gasteiger charge is -2.34. The average Bonchev–Trinajstić information content (AvgIpc) is 3.09. The number of phenols is 1. The van der Waals surface area contributed by atoms with Gasteiger partial charge in [-0.05, 0) is 67.8 Å². The number of rotatable bonds is 7. The van der Waals surface area contributed by atoms with Crippen LogP contribution in [0.3, 0.4) is 0 Å². The number of hydrogen-bond acceptors (Lipinski definition) is 4. The molecule has 4 rings (SSSR count). The minimum Gasteiger partial charge on any atom is -0.508 e. The van der Waals surface area contributed by atoms with Crippen LogP contribution in [0.25, 0.3) is 0 Å². The maximum Gasteiger partial charge on any atom is 0.229 e. The maximum absolute atomic E-state index is 12.2. The number of amides is 2. The molecule has 1 N–H and O–H groups in total. The van der Waals surface area contributed by atoms with Gasteiger partial charge >= 0.3 is 0 Å². The quantitative estimate of drug-likeness (QED) is 0.538. The van der Waals surface area contributed by atoms with Crippen molar-refractivity contribution in [1.29, 1.82) is 0 Å². The smallest absolute Gasteiger partial charge is 0.229 e. The maximum atomic E-state index is 12.2. The van der Waals surface area contributed by atoms with Crippen molar-refractivity contribution in [3.05, 3.63) is 29.3 Å². The molecule has 2 atom stereocenters. The highest BCUT2D eigenvalue weighted by Gasteiger charge is 2.39. The van der Waals surface area contributed by atoms with Gasteiger partial charge in [-0.1, -0.05) is 38.8 Å². The molecule has 0 bridgehead atoms. The molecule has 1 aromatic carbocycles. The van der Waals surface area contributed by atoms with Crippen LogP contribution in [0, 0.1) is 5.41 Å². The number of unbranched alkanes of at least 4 members (excludes halogenated alkanes) is 3. The summed E-state index contributed by atoms with van der Waals surface area (Å²) in [6.07, 6.45) is 8.58. The van der Waals surface area contributed by atoms with E-state index in [0.717, 1.165) is 45.2 Å². The molecule has 5 heteroatoms. The van der Waals surface area contributed by atoms with E-state index >= 15 is 0 Å². The Bertz CT molecular complexity index is 784. The number of hydrogen-bond donors (Lipinski definition) is 1. The lowest BCUT2D eigenvalue weighted by Crippen LogP contribution is -2.46. The van der Waals surface area contributed by atoms with E-state index in [1.165, 1.54) is 28.9 Å². The van der Waals surface area contributed by atoms with Crippen molar-refractivity contribution in [2.45, 2.75) is 83.6 Å². The number of carbonyl (C=O) groups excluding carboxylic acids is 2. The predicted octanol–water partition coefficient (Wildman–Crippen LogP) is 4.23. The molecular formula is C25H36N2O3. The standard InChI is InChI=1S/C25H36N2O3/c1-25(2)16-23(29)27(24(30)17-25)14-6-4-3-5-13-26-15-12-19-18-8-7-9-22(28)20(18)10-11-21(19)26/h7-9,19,21,28H,3-6,10-17H2,1-2H3/t19-,21+/m0/s1. The van der Waals surface area contributed by atoms with Gasteiger partial charge in [0.05, 0.1) is 0 Å². The van der Waals surface area contributed by atoms with Gasteiger partial charge in [0.1, 0.15) is 5.75 Å². The van der Waals surface area contributed by atoms with E-state index in [0.29, 0.717) is 37.1 Å². The number of nitrogens with zero attached hydrogens (tertiary/aromatic N) is 2. The lowest BCUT2D eigenvalue weighted by atomic mass is 9.79. The predicted molar refractivity (Wildman–Crippen MR) is 117 cm³/mol. The summed E-state index contributed by atoms with van der Waals surface area (Å²) in [7, 11) is 0. The van der Waals surface area contributed by atoms with Crippen LogP contribution in [0.5, 0.6) is 5.75 Å². The number of aromatic hydroxyl groups is 1. The molecule has 2 fully saturated rings. The first-order chi connectivity index (χ1) is 14.4. The summed E-state index contributed by atoms with van der Waals surface area (Å²) in [5.74, 6) is 1.05. The zero-order valence-corrected chi connectivity index (χ0v) is 18.5. The molecule has 0 saturated carbocycles. The van der Waals surface area contributed by atoms with Crippen LogP contribution < -0.4 is 0 Å². The van der Waals surface area contributed by atoms with E-state index < -0.39 is 0 Å². The molecule has 5 nitrogen and oxygen atoms in total. The Morgan fingerprint density at radius 2 is 1.70 bits per heavy atom. The van der Waals surface area contributed by atoms with Gasteiger partial charge in [0.25, 0.3) is 0 Å². The molecule has 0 radical (unpaired) electrons. The highest BCUT2D eigenvalue weighted by atomic mass is 16.3. The zero-order chi connectivity index (χ0) is 21.3. The van der Waals surface area contributed by atoms with Crippen molar-refractivity contribution >= 4 is 11.8 Å². The fraction of sp³-hybridized carbons (Fsp3) is 0.680. The summed E-state index contributed by atoms with van der Waals surface area (Å²) < 4.78 is 0. The molecule has 0 unspecified atom stereocenters. The third kappa shape index (κ3) is 4.41. The van der Waals surface area contributed by atoms with E-state index in [9.17, 15) is 14.7 Å². The number of likely N-dealkylation sites (tertiary alicyclic amines) is 2. The van der Waals surface area contributed by atoms with Crippen molar-refractivity contribution in [2.75, 3.05) is 19.6 Å². The molecule has 2 heterocycles. The number of piperidine rings is 1. The Kier molecular flexibility index (Phi) is 6.19. The van der Waals surface area contributed by atoms with Crippen LogP contribution in [0.2, 0.25) is 0 Å². The monoisotopic (exact) mass is 412 g/mol. The minimum atomic E-state index is -0.184. The Morgan fingerprint density at radius 1 is 1.00 bits per heavy atom. The second-order valence-corrected chi connectivity index (χ2v) is 10.3. The van der Waals surface area contributed by atoms with Crippen LogP contribution in [0.15, 0.2) is 18.2 Å². The van der Waals surface area contributed by atoms with Gasteiger partial charge in [-0.15, -0.1) is 0 Å². The van der Waals surface area contributed by atoms with Gasteiger partial charge in [0.2, 0.25) is 11.8 Å². The van der Waals surface area contributed by atoms with Crippen LogP contribution in [0.1, 0.15) is 82.3 Å². The van der Waals surface area contributed by atoms with Crippen molar-refractivity contribution in [3.63, 3.8) is 0 Å². The first-order valence-corrected chi connectivity index (χ1v) is 11.7. The molecule has 30 heavy (non-hydrogen) atoms. The fourth-order valence-corrected chi connectivity index (χ4v) is 5.84. The SMILES string of the molecule is CC1(C)CC(=O)N(CCCCCCN2CC[C@H]3c4cccc(O)c4CC[C@H]32)C(=O)C1. The average molecular weight is 413 g/mol. The van der Waals surface area contributed by atoms with Gasteiger partial charge < -0.3 is 5.11 Å². The summed E-state index contributed by atoms with van der Waals surface area (Å²) in [6.45, 7) is 6.86. The Hall–Kier alpha value is -1.88. The molecule has 2 aliphatic heterocycles. The van der Waals surface area contributed by atoms with E-state index in [-0.39, 0.29) is 17.2 Å². The molecular weight excluding hydrogens is 376 g/mol. The molecule has 0 aromatic heterocycles. The number of carbonyl (C=O) groups is 2. The Balaban J connectivity index is 1.18. The minimum absolute atomic E-state index is 0.00275. The highest BCUT2D eigenvalue weighted by Crippen LogP contribution is 2.43. The summed E-state index contributed by atoms with van der Waals surface area (Å²) in [5, 5.41) is 10.2. The molecule has 1 aromatic rings. The third-order valence-corrected chi connectivity index (χ3v) is 7.38. The first-order valence-electron chi connectivity index (χ1n) is 11.7. The van der Waals surface area contributed by atoms with E-state index in [2.05, 4.69) is 11.0 Å². The molecule has 2 amide bonds. The molecule has 0 spiro atoms. The van der Waals surface area contributed by atoms with Crippen molar-refractivity contribution in [2.24, 2.45) is 5.41 Å². The lowest BCUT2D eigenvalue weighted by molar-refractivity contribution is -0.152. The summed E-state index contributed by atoms with van der Waals surface area (Å²) >= 11 is 0. The van der Waals surface area contributed by atoms with Crippen LogP contribution in [-0.4, -0.2) is 52.4 Å². The summed E-state index contributed by atoms with van der Waals surface area (Å²) in [4.78, 5) is 28.6. The molecule has 3 aliphatic rings.